The molecule has 1 aromatic heterocycles. The van der Waals surface area contributed by atoms with Gasteiger partial charge in [0.05, 0.1) is 33.4 Å². The topological polar surface area (TPSA) is 97.8 Å². The van der Waals surface area contributed by atoms with Gasteiger partial charge >= 0.3 is 12.6 Å². The molecule has 236 valence electrons. The lowest BCUT2D eigenvalue weighted by Crippen LogP contribution is -2.32. The van der Waals surface area contributed by atoms with Gasteiger partial charge in [-0.25, -0.2) is 9.18 Å². The van der Waals surface area contributed by atoms with Gasteiger partial charge in [0.1, 0.15) is 11.4 Å². The first-order valence-electron chi connectivity index (χ1n) is 14.4. The number of amides is 1. The van der Waals surface area contributed by atoms with E-state index in [4.69, 9.17) is 16.3 Å². The summed E-state index contributed by atoms with van der Waals surface area (Å²) in [6, 6.07) is 11.7. The number of anilines is 1. The fourth-order valence-corrected chi connectivity index (χ4v) is 5.40. The number of aromatic nitrogens is 1. The van der Waals surface area contributed by atoms with E-state index in [2.05, 4.69) is 15.0 Å². The summed E-state index contributed by atoms with van der Waals surface area (Å²) >= 11 is 5.92. The molecular formula is C33H36ClF3N2O5. The van der Waals surface area contributed by atoms with Gasteiger partial charge in [-0.1, -0.05) is 17.7 Å². The first kappa shape index (κ1) is 33.3. The van der Waals surface area contributed by atoms with Crippen LogP contribution in [0.15, 0.2) is 54.7 Å². The van der Waals surface area contributed by atoms with Crippen molar-refractivity contribution in [3.8, 4) is 16.9 Å². The number of nitrogens with zero attached hydrogens (tertiary/aromatic N) is 1. The predicted octanol–water partition coefficient (Wildman–Crippen LogP) is 8.15. The lowest BCUT2D eigenvalue weighted by atomic mass is 9.76. The molecule has 0 spiro atoms. The van der Waals surface area contributed by atoms with E-state index >= 15 is 0 Å². The van der Waals surface area contributed by atoms with Crippen LogP contribution in [0.2, 0.25) is 5.02 Å². The molecule has 3 aromatic rings. The molecule has 4 rings (SSSR count). The highest BCUT2D eigenvalue weighted by Crippen LogP contribution is 2.39. The van der Waals surface area contributed by atoms with E-state index in [0.29, 0.717) is 36.2 Å². The summed E-state index contributed by atoms with van der Waals surface area (Å²) in [5, 5.41) is 13.0. The molecule has 1 amide bonds. The number of halogens is 4. The van der Waals surface area contributed by atoms with Crippen LogP contribution in [0, 0.1) is 11.7 Å². The Morgan fingerprint density at radius 1 is 1.09 bits per heavy atom. The lowest BCUT2D eigenvalue weighted by molar-refractivity contribution is -0.118. The molecule has 1 heterocycles. The summed E-state index contributed by atoms with van der Waals surface area (Å²) in [6.45, 7) is 3.94. The van der Waals surface area contributed by atoms with Gasteiger partial charge in [-0.05, 0) is 108 Å². The molecule has 1 unspecified atom stereocenters. The van der Waals surface area contributed by atoms with Gasteiger partial charge in [-0.15, -0.1) is 0 Å². The van der Waals surface area contributed by atoms with Crippen LogP contribution in [0.5, 0.6) is 5.75 Å². The number of hydrogen-bond acceptors (Lipinski definition) is 6. The molecule has 1 atom stereocenters. The average Bonchev–Trinajstić information content (AvgIpc) is 2.94. The second-order valence-electron chi connectivity index (χ2n) is 12.4. The van der Waals surface area contributed by atoms with E-state index in [-0.39, 0.29) is 28.0 Å². The normalized spacial score (nSPS) is 19.4. The quantitative estimate of drug-likeness (QED) is 0.231. The van der Waals surface area contributed by atoms with Crippen molar-refractivity contribution in [2.24, 2.45) is 5.92 Å². The number of benzene rings is 2. The predicted molar refractivity (Wildman–Crippen MR) is 161 cm³/mol. The average molecular weight is 633 g/mol. The zero-order chi connectivity index (χ0) is 32.2. The minimum atomic E-state index is -3.18. The van der Waals surface area contributed by atoms with Crippen molar-refractivity contribution >= 4 is 29.2 Å². The van der Waals surface area contributed by atoms with Crippen LogP contribution in [0.25, 0.3) is 11.1 Å². The number of esters is 1. The van der Waals surface area contributed by atoms with Crippen molar-refractivity contribution in [3.63, 3.8) is 0 Å². The van der Waals surface area contributed by atoms with Gasteiger partial charge in [-0.3, -0.25) is 9.78 Å². The van der Waals surface area contributed by atoms with Gasteiger partial charge in [0.15, 0.2) is 5.82 Å². The monoisotopic (exact) mass is 632 g/mol. The second kappa shape index (κ2) is 13.6. The highest BCUT2D eigenvalue weighted by atomic mass is 35.5. The number of ether oxygens (including phenoxy) is 2. The van der Waals surface area contributed by atoms with Crippen LogP contribution < -0.4 is 10.1 Å². The Balaban J connectivity index is 1.59. The molecule has 2 aromatic carbocycles. The van der Waals surface area contributed by atoms with Crippen LogP contribution in [-0.4, -0.2) is 39.8 Å². The molecule has 1 aliphatic carbocycles. The SMILES string of the molecule is CC1(O)CCC(CC(C(=O)Nc2ccc(C(=O)OC(C)(C)C)cc2)c2ccc(-c3c(OC(F)F)ccc(Cl)c3F)cn2)CC1. The molecule has 11 heteroatoms. The molecule has 1 fully saturated rings. The summed E-state index contributed by atoms with van der Waals surface area (Å²) in [4.78, 5) is 30.5. The van der Waals surface area contributed by atoms with E-state index in [1.54, 1.807) is 58.0 Å². The first-order valence-corrected chi connectivity index (χ1v) is 14.8. The van der Waals surface area contributed by atoms with Crippen molar-refractivity contribution in [2.75, 3.05) is 5.32 Å². The molecule has 0 bridgehead atoms. The van der Waals surface area contributed by atoms with Crippen LogP contribution in [-0.2, 0) is 9.53 Å². The van der Waals surface area contributed by atoms with Crippen LogP contribution >= 0.6 is 11.6 Å². The highest BCUT2D eigenvalue weighted by Gasteiger charge is 2.33. The highest BCUT2D eigenvalue weighted by molar-refractivity contribution is 6.31. The second-order valence-corrected chi connectivity index (χ2v) is 12.8. The van der Waals surface area contributed by atoms with Crippen molar-refractivity contribution < 1.29 is 37.3 Å². The fourth-order valence-electron chi connectivity index (χ4n) is 5.24. The molecular weight excluding hydrogens is 597 g/mol. The Hall–Kier alpha value is -3.63. The van der Waals surface area contributed by atoms with Crippen molar-refractivity contribution in [1.82, 2.24) is 4.98 Å². The van der Waals surface area contributed by atoms with Gasteiger partial charge in [0.2, 0.25) is 5.91 Å². The molecule has 1 saturated carbocycles. The van der Waals surface area contributed by atoms with Gasteiger partial charge in [-0.2, -0.15) is 8.78 Å². The summed E-state index contributed by atoms with van der Waals surface area (Å²) in [5.41, 5.74) is -0.319. The van der Waals surface area contributed by atoms with E-state index < -0.39 is 41.3 Å². The Morgan fingerprint density at radius 3 is 2.32 bits per heavy atom. The number of carbonyl (C=O) groups is 2. The van der Waals surface area contributed by atoms with Crippen LogP contribution in [0.4, 0.5) is 18.9 Å². The Kier molecular flexibility index (Phi) is 10.3. The van der Waals surface area contributed by atoms with Crippen LogP contribution in [0.1, 0.15) is 81.8 Å². The number of pyridine rings is 1. The van der Waals surface area contributed by atoms with E-state index in [1.807, 2.05) is 0 Å². The number of carbonyl (C=O) groups excluding carboxylic acids is 2. The van der Waals surface area contributed by atoms with E-state index in [0.717, 1.165) is 25.0 Å². The summed E-state index contributed by atoms with van der Waals surface area (Å²) in [6.07, 6.45) is 4.39. The van der Waals surface area contributed by atoms with Gasteiger partial charge in [0.25, 0.3) is 0 Å². The summed E-state index contributed by atoms with van der Waals surface area (Å²) in [7, 11) is 0. The zero-order valence-electron chi connectivity index (χ0n) is 25.0. The van der Waals surface area contributed by atoms with Crippen LogP contribution in [0.3, 0.4) is 0 Å². The van der Waals surface area contributed by atoms with Crippen molar-refractivity contribution in [1.29, 1.82) is 0 Å². The maximum absolute atomic E-state index is 15.0. The first-order chi connectivity index (χ1) is 20.6. The smallest absolute Gasteiger partial charge is 0.387 e. The molecule has 0 radical (unpaired) electrons. The third kappa shape index (κ3) is 8.72. The summed E-state index contributed by atoms with van der Waals surface area (Å²) in [5.74, 6) is -2.73. The molecule has 0 aliphatic heterocycles. The van der Waals surface area contributed by atoms with E-state index in [1.165, 1.54) is 12.3 Å². The van der Waals surface area contributed by atoms with Gasteiger partial charge < -0.3 is 19.9 Å². The molecule has 7 nitrogen and oxygen atoms in total. The Morgan fingerprint density at radius 2 is 1.75 bits per heavy atom. The molecule has 0 saturated heterocycles. The number of aliphatic hydroxyl groups is 1. The fraction of sp³-hybridized carbons (Fsp3) is 0.424. The minimum Gasteiger partial charge on any atom is -0.456 e. The minimum absolute atomic E-state index is 0.137. The zero-order valence-corrected chi connectivity index (χ0v) is 25.8. The lowest BCUT2D eigenvalue weighted by Gasteiger charge is -2.34. The van der Waals surface area contributed by atoms with Crippen molar-refractivity contribution in [3.05, 3.63) is 76.8 Å². The number of rotatable bonds is 9. The third-order valence-electron chi connectivity index (χ3n) is 7.56. The largest absolute Gasteiger partial charge is 0.456 e. The number of alkyl halides is 2. The maximum atomic E-state index is 15.0. The number of nitrogens with one attached hydrogen (secondary N) is 1. The van der Waals surface area contributed by atoms with E-state index in [9.17, 15) is 27.9 Å². The number of hydrogen-bond donors (Lipinski definition) is 2. The molecule has 2 N–H and O–H groups in total. The van der Waals surface area contributed by atoms with Gasteiger partial charge in [0, 0.05) is 17.4 Å². The summed E-state index contributed by atoms with van der Waals surface area (Å²) < 4.78 is 50.9. The third-order valence-corrected chi connectivity index (χ3v) is 7.85. The maximum Gasteiger partial charge on any atom is 0.387 e. The Labute approximate surface area is 259 Å². The van der Waals surface area contributed by atoms with Crippen molar-refractivity contribution in [2.45, 2.75) is 83.5 Å². The molecule has 44 heavy (non-hydrogen) atoms. The molecule has 1 aliphatic rings. The Bertz CT molecular complexity index is 1460. The standard InChI is InChI=1S/C33H36ClF3N2O5/c1-32(2,3)44-30(41)20-5-8-22(9-6-20)39-29(40)23(17-19-13-15-33(4,42)16-14-19)25-11-7-21(18-38-25)27-26(43-31(36)37)12-10-24(34)28(27)35/h5-12,18-19,23,31,42H,13-17H2,1-4H3,(H,39,40).